The molecule has 0 fully saturated rings. The van der Waals surface area contributed by atoms with E-state index in [2.05, 4.69) is 12.2 Å². The minimum Gasteiger partial charge on any atom is -0.508 e. The predicted molar refractivity (Wildman–Crippen MR) is 249 cm³/mol. The molecule has 0 atom stereocenters. The molecule has 0 amide bonds. The summed E-state index contributed by atoms with van der Waals surface area (Å²) in [6.07, 6.45) is 12.6. The summed E-state index contributed by atoms with van der Waals surface area (Å²) in [5.74, 6) is 1.56. The van der Waals surface area contributed by atoms with Crippen LogP contribution < -0.4 is 30.2 Å². The summed E-state index contributed by atoms with van der Waals surface area (Å²) < 4.78 is 35.6. The summed E-state index contributed by atoms with van der Waals surface area (Å²) in [6.45, 7) is 15.8. The normalized spacial score (nSPS) is 14.0. The number of hydrogen-bond acceptors (Lipinski definition) is 12. The SMILES string of the molecule is COc1c(CC=C(C)C)c2c(c3oc(=O)c(-c4ccc(O)cc4)c(O)c13)C=CC(C)(C)O2.COc1c(CC=C(C)C)c2c(c3oc(=O)c(-c4ccc(O)cc4)c(O)c13)C=CC(C)(C)O2. The third-order valence-electron chi connectivity index (χ3n) is 10.9. The van der Waals surface area contributed by atoms with Crippen molar-refractivity contribution in [3.05, 3.63) is 127 Å². The fourth-order valence-corrected chi connectivity index (χ4v) is 7.79. The predicted octanol–water partition coefficient (Wildman–Crippen LogP) is 11.1. The molecule has 2 aliphatic heterocycles. The van der Waals surface area contributed by atoms with Gasteiger partial charge in [-0.15, -0.1) is 0 Å². The maximum absolute atomic E-state index is 12.9. The molecule has 64 heavy (non-hydrogen) atoms. The minimum atomic E-state index is -0.694. The van der Waals surface area contributed by atoms with Crippen molar-refractivity contribution in [1.82, 2.24) is 0 Å². The van der Waals surface area contributed by atoms with E-state index in [0.29, 0.717) is 68.9 Å². The number of phenols is 2. The lowest BCUT2D eigenvalue weighted by atomic mass is 9.93. The van der Waals surface area contributed by atoms with Crippen molar-refractivity contribution in [2.24, 2.45) is 0 Å². The van der Waals surface area contributed by atoms with Gasteiger partial charge >= 0.3 is 11.3 Å². The molecule has 4 heterocycles. The maximum Gasteiger partial charge on any atom is 0.348 e. The van der Waals surface area contributed by atoms with Crippen molar-refractivity contribution in [3.63, 3.8) is 0 Å². The standard InChI is InChI=1S/2C26H26O6/c2*1-14(2)6-11-17-22-18(12-13-26(3,4)32-22)24-20(23(17)30-5)21(28)19(25(29)31-24)15-7-9-16(27)10-8-15/h2*6-10,12-13,27-28H,11H2,1-5H3. The monoisotopic (exact) mass is 868 g/mol. The van der Waals surface area contributed by atoms with Crippen LogP contribution in [0.1, 0.15) is 77.6 Å². The largest absolute Gasteiger partial charge is 0.508 e. The summed E-state index contributed by atoms with van der Waals surface area (Å²) in [5.41, 5.74) is 3.70. The van der Waals surface area contributed by atoms with E-state index >= 15 is 0 Å². The van der Waals surface area contributed by atoms with Crippen LogP contribution >= 0.6 is 0 Å². The Morgan fingerprint density at radius 2 is 0.922 bits per heavy atom. The van der Waals surface area contributed by atoms with Crippen molar-refractivity contribution in [3.8, 4) is 68.2 Å². The minimum absolute atomic E-state index is 0.00458. The lowest BCUT2D eigenvalue weighted by molar-refractivity contribution is 0.156. The van der Waals surface area contributed by atoms with E-state index in [4.69, 9.17) is 27.8 Å². The Kier molecular flexibility index (Phi) is 11.9. The van der Waals surface area contributed by atoms with Crippen LogP contribution in [0.25, 0.3) is 56.3 Å². The van der Waals surface area contributed by atoms with Crippen molar-refractivity contribution >= 4 is 34.1 Å². The van der Waals surface area contributed by atoms with Gasteiger partial charge in [-0.2, -0.15) is 0 Å². The van der Waals surface area contributed by atoms with Crippen LogP contribution in [0, 0.1) is 0 Å². The summed E-state index contributed by atoms with van der Waals surface area (Å²) in [5, 5.41) is 42.4. The zero-order valence-electron chi connectivity index (χ0n) is 37.6. The van der Waals surface area contributed by atoms with Gasteiger partial charge in [0.2, 0.25) is 0 Å². The van der Waals surface area contributed by atoms with E-state index in [0.717, 1.165) is 22.3 Å². The zero-order valence-corrected chi connectivity index (χ0v) is 37.6. The van der Waals surface area contributed by atoms with Crippen LogP contribution in [0.5, 0.6) is 46.0 Å². The van der Waals surface area contributed by atoms with Gasteiger partial charge in [-0.3, -0.25) is 0 Å². The molecule has 4 N–H and O–H groups in total. The molecule has 0 aliphatic carbocycles. The van der Waals surface area contributed by atoms with Gasteiger partial charge in [-0.1, -0.05) is 47.6 Å². The highest BCUT2D eigenvalue weighted by molar-refractivity contribution is 6.03. The molecule has 2 aromatic heterocycles. The average molecular weight is 869 g/mol. The Bertz CT molecular complexity index is 2850. The second kappa shape index (κ2) is 17.1. The third-order valence-corrected chi connectivity index (χ3v) is 10.9. The Labute approximate surface area is 370 Å². The molecule has 8 rings (SSSR count). The van der Waals surface area contributed by atoms with Gasteiger partial charge < -0.3 is 48.2 Å². The number of methoxy groups -OCH3 is 2. The van der Waals surface area contributed by atoms with Crippen LogP contribution in [0.2, 0.25) is 0 Å². The molecule has 332 valence electrons. The van der Waals surface area contributed by atoms with Gasteiger partial charge in [-0.05, 0) is 128 Å². The molecule has 0 saturated carbocycles. The molecule has 2 aliphatic rings. The fourth-order valence-electron chi connectivity index (χ4n) is 7.79. The van der Waals surface area contributed by atoms with Crippen LogP contribution in [0.15, 0.2) is 102 Å². The molecule has 0 radical (unpaired) electrons. The number of ether oxygens (including phenoxy) is 4. The molecular formula is C52H52O12. The summed E-state index contributed by atoms with van der Waals surface area (Å²) in [6, 6.07) is 12.0. The second-order valence-corrected chi connectivity index (χ2v) is 17.3. The van der Waals surface area contributed by atoms with Crippen molar-refractivity contribution < 1.29 is 48.2 Å². The van der Waals surface area contributed by atoms with Crippen LogP contribution in [0.4, 0.5) is 0 Å². The van der Waals surface area contributed by atoms with E-state index in [-0.39, 0.29) is 45.3 Å². The maximum atomic E-state index is 12.9. The van der Waals surface area contributed by atoms with E-state index in [9.17, 15) is 30.0 Å². The van der Waals surface area contributed by atoms with E-state index < -0.39 is 22.5 Å². The first-order chi connectivity index (χ1) is 30.3. The fraction of sp³-hybridized carbons (Fsp3) is 0.269. The third kappa shape index (κ3) is 8.43. The molecule has 0 unspecified atom stereocenters. The molecule has 0 bridgehead atoms. The lowest BCUT2D eigenvalue weighted by Gasteiger charge is -2.31. The number of aromatic hydroxyl groups is 4. The highest BCUT2D eigenvalue weighted by Gasteiger charge is 2.34. The number of benzene rings is 4. The number of phenolic OH excluding ortho intramolecular Hbond substituents is 2. The molecule has 0 spiro atoms. The molecule has 12 heteroatoms. The van der Waals surface area contributed by atoms with Crippen LogP contribution in [-0.4, -0.2) is 45.8 Å². The van der Waals surface area contributed by atoms with Gasteiger partial charge in [0, 0.05) is 11.1 Å². The van der Waals surface area contributed by atoms with Gasteiger partial charge in [0.15, 0.2) is 11.2 Å². The summed E-state index contributed by atoms with van der Waals surface area (Å²) in [7, 11) is 3.03. The first kappa shape index (κ1) is 44.7. The number of allylic oxidation sites excluding steroid dienone is 4. The number of fused-ring (bicyclic) bond motifs is 6. The molecular weight excluding hydrogens is 817 g/mol. The van der Waals surface area contributed by atoms with E-state index in [1.807, 2.05) is 79.7 Å². The lowest BCUT2D eigenvalue weighted by Crippen LogP contribution is -2.28. The van der Waals surface area contributed by atoms with Gasteiger partial charge in [0.05, 0.1) is 25.3 Å². The van der Waals surface area contributed by atoms with Gasteiger partial charge in [0.1, 0.15) is 79.1 Å². The molecule has 12 nitrogen and oxygen atoms in total. The highest BCUT2D eigenvalue weighted by atomic mass is 16.5. The second-order valence-electron chi connectivity index (χ2n) is 17.3. The first-order valence-electron chi connectivity index (χ1n) is 20.7. The number of rotatable bonds is 8. The smallest absolute Gasteiger partial charge is 0.348 e. The Balaban J connectivity index is 0.000000191. The van der Waals surface area contributed by atoms with Gasteiger partial charge in [-0.25, -0.2) is 9.59 Å². The Morgan fingerprint density at radius 1 is 0.578 bits per heavy atom. The Hall–Kier alpha value is -7.34. The van der Waals surface area contributed by atoms with Crippen molar-refractivity contribution in [2.45, 2.75) is 79.4 Å². The van der Waals surface area contributed by atoms with Crippen LogP contribution in [-0.2, 0) is 12.8 Å². The van der Waals surface area contributed by atoms with Crippen molar-refractivity contribution in [2.75, 3.05) is 14.2 Å². The zero-order chi connectivity index (χ0) is 46.4. The van der Waals surface area contributed by atoms with Crippen molar-refractivity contribution in [1.29, 1.82) is 0 Å². The van der Waals surface area contributed by atoms with Crippen LogP contribution in [0.3, 0.4) is 0 Å². The summed E-state index contributed by atoms with van der Waals surface area (Å²) >= 11 is 0. The first-order valence-corrected chi connectivity index (χ1v) is 20.7. The topological polar surface area (TPSA) is 178 Å². The highest BCUT2D eigenvalue weighted by Crippen LogP contribution is 2.51. The van der Waals surface area contributed by atoms with E-state index in [1.165, 1.54) is 38.5 Å². The van der Waals surface area contributed by atoms with E-state index in [1.54, 1.807) is 24.3 Å². The molecule has 4 aromatic carbocycles. The average Bonchev–Trinajstić information content (AvgIpc) is 3.22. The number of hydrogen-bond donors (Lipinski definition) is 4. The summed E-state index contributed by atoms with van der Waals surface area (Å²) in [4.78, 5) is 25.9. The quantitative estimate of drug-likeness (QED) is 0.0842. The Morgan fingerprint density at radius 3 is 1.23 bits per heavy atom. The molecule has 6 aromatic rings. The molecule has 0 saturated heterocycles. The van der Waals surface area contributed by atoms with Gasteiger partial charge in [0.25, 0.3) is 0 Å².